The van der Waals surface area contributed by atoms with E-state index >= 15 is 0 Å². The van der Waals surface area contributed by atoms with Crippen LogP contribution in [0.4, 0.5) is 21.7 Å². The van der Waals surface area contributed by atoms with E-state index in [1.54, 1.807) is 22.9 Å². The fourth-order valence-electron chi connectivity index (χ4n) is 3.23. The van der Waals surface area contributed by atoms with Gasteiger partial charge in [0.25, 0.3) is 5.91 Å². The van der Waals surface area contributed by atoms with Crippen molar-refractivity contribution in [2.45, 2.75) is 25.3 Å². The van der Waals surface area contributed by atoms with Gasteiger partial charge in [0.05, 0.1) is 23.3 Å². The van der Waals surface area contributed by atoms with Crippen molar-refractivity contribution in [2.75, 3.05) is 10.6 Å². The Morgan fingerprint density at radius 1 is 1.27 bits per heavy atom. The third-order valence-electron chi connectivity index (χ3n) is 4.84. The van der Waals surface area contributed by atoms with E-state index < -0.39 is 11.7 Å². The number of hydrogen-bond acceptors (Lipinski definition) is 6. The minimum absolute atomic E-state index is 0.0141. The van der Waals surface area contributed by atoms with Gasteiger partial charge < -0.3 is 10.6 Å². The average molecular weight is 427 g/mol. The summed E-state index contributed by atoms with van der Waals surface area (Å²) in [6, 6.07) is 6.15. The Kier molecular flexibility index (Phi) is 4.39. The van der Waals surface area contributed by atoms with E-state index in [0.29, 0.717) is 45.2 Å². The molecule has 2 amide bonds. The molecule has 8 nitrogen and oxygen atoms in total. The molecule has 2 aliphatic rings. The molecule has 3 N–H and O–H groups in total. The quantitative estimate of drug-likeness (QED) is 0.427. The van der Waals surface area contributed by atoms with Crippen molar-refractivity contribution < 1.29 is 14.0 Å². The maximum Gasteiger partial charge on any atom is 0.254 e. The third-order valence-corrected chi connectivity index (χ3v) is 5.17. The molecule has 0 unspecified atom stereocenters. The lowest BCUT2D eigenvalue weighted by Crippen LogP contribution is -2.19. The third kappa shape index (κ3) is 3.59. The summed E-state index contributed by atoms with van der Waals surface area (Å²) >= 11 is 6.18. The zero-order chi connectivity index (χ0) is 20.8. The number of amides is 2. The molecule has 0 atom stereocenters. The Balaban J connectivity index is 1.59. The molecule has 10 heteroatoms. The fraction of sp³-hybridized carbons (Fsp3) is 0.200. The minimum Gasteiger partial charge on any atom is -0.367 e. The Morgan fingerprint density at radius 2 is 2.10 bits per heavy atom. The van der Waals surface area contributed by atoms with Gasteiger partial charge in [0.2, 0.25) is 5.91 Å². The van der Waals surface area contributed by atoms with Crippen LogP contribution in [0.2, 0.25) is 5.02 Å². The average Bonchev–Trinajstić information content (AvgIpc) is 3.34. The maximum absolute atomic E-state index is 13.7. The van der Waals surface area contributed by atoms with Crippen molar-refractivity contribution in [3.63, 3.8) is 0 Å². The molecule has 2 fully saturated rings. The summed E-state index contributed by atoms with van der Waals surface area (Å²) in [5, 5.41) is 13.4. The normalized spacial score (nSPS) is 17.6. The van der Waals surface area contributed by atoms with Crippen molar-refractivity contribution >= 4 is 52.5 Å². The molecule has 1 aromatic carbocycles. The summed E-state index contributed by atoms with van der Waals surface area (Å²) in [4.78, 5) is 28.0. The molecule has 0 bridgehead atoms. The van der Waals surface area contributed by atoms with E-state index in [2.05, 4.69) is 26.0 Å². The second-order valence-electron chi connectivity index (χ2n) is 7.25. The SMILES string of the molecule is O=C1C/C(=C\c2cnn3c(NC4CC4)cc(Nc4cc(F)ccc4Cl)nc23)C(=O)N1. The number of nitrogens with zero attached hydrogens (tertiary/aromatic N) is 3. The maximum atomic E-state index is 13.7. The molecule has 1 aliphatic carbocycles. The van der Waals surface area contributed by atoms with E-state index in [1.165, 1.54) is 18.2 Å². The topological polar surface area (TPSA) is 100 Å². The molecule has 3 heterocycles. The number of halogens is 2. The van der Waals surface area contributed by atoms with Gasteiger partial charge in [-0.2, -0.15) is 9.61 Å². The van der Waals surface area contributed by atoms with Crippen molar-refractivity contribution in [1.82, 2.24) is 19.9 Å². The van der Waals surface area contributed by atoms with Crippen LogP contribution in [0.3, 0.4) is 0 Å². The molecule has 1 saturated carbocycles. The van der Waals surface area contributed by atoms with Crippen molar-refractivity contribution in [1.29, 1.82) is 0 Å². The summed E-state index contributed by atoms with van der Waals surface area (Å²) in [5.41, 5.74) is 1.80. The van der Waals surface area contributed by atoms with Crippen LogP contribution < -0.4 is 16.0 Å². The highest BCUT2D eigenvalue weighted by Gasteiger charge is 2.25. The minimum atomic E-state index is -0.425. The highest BCUT2D eigenvalue weighted by molar-refractivity contribution is 6.33. The predicted molar refractivity (Wildman–Crippen MR) is 110 cm³/mol. The standard InChI is InChI=1S/C20H16ClFN6O2/c21-14-4-1-12(22)7-15(14)25-16-8-17(24-13-2-3-13)28-19(26-16)11(9-23-28)5-10-6-18(29)27-20(10)30/h1,4-5,7-9,13,24H,2-3,6H2,(H,25,26)(H,27,29,30)/b10-5+. The summed E-state index contributed by atoms with van der Waals surface area (Å²) < 4.78 is 15.3. The van der Waals surface area contributed by atoms with E-state index in [-0.39, 0.29) is 12.3 Å². The lowest BCUT2D eigenvalue weighted by molar-refractivity contribution is -0.124. The molecular weight excluding hydrogens is 411 g/mol. The highest BCUT2D eigenvalue weighted by Crippen LogP contribution is 2.30. The van der Waals surface area contributed by atoms with Gasteiger partial charge in [-0.25, -0.2) is 9.37 Å². The summed E-state index contributed by atoms with van der Waals surface area (Å²) in [6.07, 6.45) is 5.32. The molecule has 1 saturated heterocycles. The first kappa shape index (κ1) is 18.6. The fourth-order valence-corrected chi connectivity index (χ4v) is 3.39. The van der Waals surface area contributed by atoms with Gasteiger partial charge in [-0.3, -0.25) is 14.9 Å². The number of hydrogen-bond donors (Lipinski definition) is 3. The number of benzene rings is 1. The number of rotatable bonds is 5. The van der Waals surface area contributed by atoms with Gasteiger partial charge in [0.1, 0.15) is 17.5 Å². The smallest absolute Gasteiger partial charge is 0.254 e. The first-order chi connectivity index (χ1) is 14.5. The number of anilines is 3. The first-order valence-electron chi connectivity index (χ1n) is 9.38. The van der Waals surface area contributed by atoms with E-state index in [1.807, 2.05) is 0 Å². The Morgan fingerprint density at radius 3 is 2.83 bits per heavy atom. The largest absolute Gasteiger partial charge is 0.367 e. The number of carbonyl (C=O) groups is 2. The molecule has 3 aromatic rings. The predicted octanol–water partition coefficient (Wildman–Crippen LogP) is 3.27. The van der Waals surface area contributed by atoms with Gasteiger partial charge in [0.15, 0.2) is 5.65 Å². The second kappa shape index (κ2) is 7.10. The number of imide groups is 1. The number of fused-ring (bicyclic) bond motifs is 1. The molecule has 30 heavy (non-hydrogen) atoms. The van der Waals surface area contributed by atoms with Gasteiger partial charge in [-0.05, 0) is 37.1 Å². The zero-order valence-electron chi connectivity index (χ0n) is 15.6. The van der Waals surface area contributed by atoms with Gasteiger partial charge in [-0.15, -0.1) is 0 Å². The van der Waals surface area contributed by atoms with Crippen LogP contribution in [0.1, 0.15) is 24.8 Å². The summed E-state index contributed by atoms with van der Waals surface area (Å²) in [6.45, 7) is 0. The molecule has 0 spiro atoms. The van der Waals surface area contributed by atoms with Crippen molar-refractivity contribution in [2.24, 2.45) is 0 Å². The molecule has 152 valence electrons. The van der Waals surface area contributed by atoms with Gasteiger partial charge in [-0.1, -0.05) is 11.6 Å². The number of nitrogens with one attached hydrogen (secondary N) is 3. The number of carbonyl (C=O) groups excluding carboxylic acids is 2. The highest BCUT2D eigenvalue weighted by atomic mass is 35.5. The molecule has 5 rings (SSSR count). The van der Waals surface area contributed by atoms with Gasteiger partial charge >= 0.3 is 0 Å². The van der Waals surface area contributed by atoms with E-state index in [0.717, 1.165) is 12.8 Å². The van der Waals surface area contributed by atoms with E-state index in [9.17, 15) is 14.0 Å². The Hall–Kier alpha value is -3.46. The molecule has 2 aromatic heterocycles. The van der Waals surface area contributed by atoms with Crippen molar-refractivity contribution in [3.05, 3.63) is 52.4 Å². The second-order valence-corrected chi connectivity index (χ2v) is 7.66. The summed E-state index contributed by atoms with van der Waals surface area (Å²) in [5.74, 6) is -0.0447. The van der Waals surface area contributed by atoms with Crippen LogP contribution in [0.15, 0.2) is 36.0 Å². The van der Waals surface area contributed by atoms with Crippen molar-refractivity contribution in [3.8, 4) is 0 Å². The van der Waals surface area contributed by atoms with Crippen LogP contribution in [-0.4, -0.2) is 32.5 Å². The first-order valence-corrected chi connectivity index (χ1v) is 9.76. The lowest BCUT2D eigenvalue weighted by Gasteiger charge is -2.12. The van der Waals surface area contributed by atoms with Crippen LogP contribution >= 0.6 is 11.6 Å². The molecule has 0 radical (unpaired) electrons. The number of aromatic nitrogens is 3. The Labute approximate surface area is 175 Å². The lowest BCUT2D eigenvalue weighted by atomic mass is 10.1. The summed E-state index contributed by atoms with van der Waals surface area (Å²) in [7, 11) is 0. The van der Waals surface area contributed by atoms with Crippen LogP contribution in [-0.2, 0) is 9.59 Å². The van der Waals surface area contributed by atoms with Crippen LogP contribution in [0.25, 0.3) is 11.7 Å². The van der Waals surface area contributed by atoms with E-state index in [4.69, 9.17) is 11.6 Å². The molecule has 1 aliphatic heterocycles. The molecular formula is C20H16ClFN6O2. The zero-order valence-corrected chi connectivity index (χ0v) is 16.3. The van der Waals surface area contributed by atoms with Gasteiger partial charge in [0, 0.05) is 23.2 Å². The Bertz CT molecular complexity index is 1230. The van der Waals surface area contributed by atoms with Crippen LogP contribution in [0.5, 0.6) is 0 Å². The van der Waals surface area contributed by atoms with Crippen LogP contribution in [0, 0.1) is 5.82 Å². The monoisotopic (exact) mass is 426 g/mol.